The van der Waals surface area contributed by atoms with Gasteiger partial charge in [0.25, 0.3) is 0 Å². The Kier molecular flexibility index (Phi) is 4.43. The number of hydrogen-bond acceptors (Lipinski definition) is 4. The molecule has 1 N–H and O–H groups in total. The van der Waals surface area contributed by atoms with Crippen LogP contribution in [-0.4, -0.2) is 43.8 Å². The summed E-state index contributed by atoms with van der Waals surface area (Å²) in [7, 11) is 0. The van der Waals surface area contributed by atoms with Crippen LogP contribution in [0.3, 0.4) is 0 Å². The zero-order valence-corrected chi connectivity index (χ0v) is 13.6. The molecule has 3 rings (SSSR count). The minimum Gasteiger partial charge on any atom is -0.480 e. The number of carboxylic acid groups (broad SMARTS) is 1. The number of aliphatic carboxylic acids is 1. The minimum absolute atomic E-state index is 0.164. The van der Waals surface area contributed by atoms with E-state index < -0.39 is 5.97 Å². The van der Waals surface area contributed by atoms with Crippen LogP contribution in [0.4, 0.5) is 0 Å². The van der Waals surface area contributed by atoms with Gasteiger partial charge in [0, 0.05) is 11.6 Å². The number of rotatable bonds is 5. The van der Waals surface area contributed by atoms with Crippen molar-refractivity contribution in [3.8, 4) is 11.4 Å². The van der Waals surface area contributed by atoms with Gasteiger partial charge < -0.3 is 5.11 Å². The van der Waals surface area contributed by atoms with Gasteiger partial charge in [0.1, 0.15) is 12.4 Å². The zero-order chi connectivity index (χ0) is 16.4. The molecule has 1 aromatic heterocycles. The highest BCUT2D eigenvalue weighted by Gasteiger charge is 2.20. The summed E-state index contributed by atoms with van der Waals surface area (Å²) in [5.41, 5.74) is 2.18. The van der Waals surface area contributed by atoms with E-state index in [0.29, 0.717) is 17.7 Å². The van der Waals surface area contributed by atoms with Crippen molar-refractivity contribution in [1.29, 1.82) is 0 Å². The van der Waals surface area contributed by atoms with Gasteiger partial charge >= 0.3 is 5.97 Å². The van der Waals surface area contributed by atoms with Crippen LogP contribution in [0, 0.1) is 6.92 Å². The number of carboxylic acids is 1. The second-order valence-corrected chi connectivity index (χ2v) is 6.08. The first-order chi connectivity index (χ1) is 11.0. The number of aryl methyl sites for hydroxylation is 1. The summed E-state index contributed by atoms with van der Waals surface area (Å²) in [4.78, 5) is 17.8. The SMILES string of the molecule is Cc1nc(-c2cccc(C(C)N3CCCC3)c2)nn1CC(=O)O. The maximum Gasteiger partial charge on any atom is 0.325 e. The molecule has 6 nitrogen and oxygen atoms in total. The normalized spacial score (nSPS) is 16.6. The Bertz CT molecular complexity index is 704. The van der Waals surface area contributed by atoms with E-state index in [0.717, 1.165) is 18.7 Å². The van der Waals surface area contributed by atoms with Gasteiger partial charge in [0.15, 0.2) is 5.82 Å². The number of benzene rings is 1. The fraction of sp³-hybridized carbons (Fsp3) is 0.471. The molecule has 1 atom stereocenters. The first-order valence-electron chi connectivity index (χ1n) is 8.02. The molecule has 1 unspecified atom stereocenters. The molecule has 0 amide bonds. The highest BCUT2D eigenvalue weighted by molar-refractivity contribution is 5.66. The van der Waals surface area contributed by atoms with E-state index in [1.165, 1.54) is 23.1 Å². The van der Waals surface area contributed by atoms with Crippen molar-refractivity contribution in [2.24, 2.45) is 0 Å². The molecule has 0 spiro atoms. The van der Waals surface area contributed by atoms with Gasteiger partial charge in [-0.1, -0.05) is 18.2 Å². The van der Waals surface area contributed by atoms with Gasteiger partial charge in [-0.2, -0.15) is 5.10 Å². The smallest absolute Gasteiger partial charge is 0.325 e. The molecule has 1 aliphatic heterocycles. The van der Waals surface area contributed by atoms with Gasteiger partial charge in [-0.3, -0.25) is 9.69 Å². The van der Waals surface area contributed by atoms with E-state index in [2.05, 4.69) is 34.0 Å². The summed E-state index contributed by atoms with van der Waals surface area (Å²) in [5, 5.41) is 13.2. The van der Waals surface area contributed by atoms with Crippen LogP contribution in [0.25, 0.3) is 11.4 Å². The zero-order valence-electron chi connectivity index (χ0n) is 13.6. The number of nitrogens with zero attached hydrogens (tertiary/aromatic N) is 4. The molecule has 2 aromatic rings. The molecule has 0 bridgehead atoms. The molecule has 1 aliphatic rings. The third kappa shape index (κ3) is 3.42. The van der Waals surface area contributed by atoms with Crippen molar-refractivity contribution < 1.29 is 9.90 Å². The van der Waals surface area contributed by atoms with E-state index in [1.807, 2.05) is 12.1 Å². The van der Waals surface area contributed by atoms with Crippen LogP contribution >= 0.6 is 0 Å². The molecular formula is C17H22N4O2. The number of aromatic nitrogens is 3. The Morgan fingerprint density at radius 2 is 2.09 bits per heavy atom. The van der Waals surface area contributed by atoms with Crippen molar-refractivity contribution in [1.82, 2.24) is 19.7 Å². The lowest BCUT2D eigenvalue weighted by Crippen LogP contribution is -2.23. The van der Waals surface area contributed by atoms with Crippen LogP contribution in [-0.2, 0) is 11.3 Å². The lowest BCUT2D eigenvalue weighted by atomic mass is 10.0. The topological polar surface area (TPSA) is 71.2 Å². The Hall–Kier alpha value is -2.21. The van der Waals surface area contributed by atoms with E-state index in [4.69, 9.17) is 5.11 Å². The van der Waals surface area contributed by atoms with Gasteiger partial charge in [0.2, 0.25) is 0 Å². The predicted molar refractivity (Wildman–Crippen MR) is 87.1 cm³/mol. The van der Waals surface area contributed by atoms with E-state index in [-0.39, 0.29) is 6.54 Å². The first-order valence-corrected chi connectivity index (χ1v) is 8.02. The van der Waals surface area contributed by atoms with Gasteiger partial charge in [-0.25, -0.2) is 9.67 Å². The Labute approximate surface area is 135 Å². The second-order valence-electron chi connectivity index (χ2n) is 6.08. The third-order valence-electron chi connectivity index (χ3n) is 4.46. The molecule has 122 valence electrons. The molecule has 0 radical (unpaired) electrons. The molecule has 1 saturated heterocycles. The Morgan fingerprint density at radius 1 is 1.35 bits per heavy atom. The first kappa shape index (κ1) is 15.7. The molecule has 6 heteroatoms. The minimum atomic E-state index is -0.916. The van der Waals surface area contributed by atoms with Gasteiger partial charge in [-0.05, 0) is 51.4 Å². The number of carbonyl (C=O) groups is 1. The van der Waals surface area contributed by atoms with Crippen LogP contribution in [0.5, 0.6) is 0 Å². The molecular weight excluding hydrogens is 292 g/mol. The monoisotopic (exact) mass is 314 g/mol. The van der Waals surface area contributed by atoms with Crippen molar-refractivity contribution in [2.75, 3.05) is 13.1 Å². The summed E-state index contributed by atoms with van der Waals surface area (Å²) in [5.74, 6) is 0.278. The molecule has 0 aliphatic carbocycles. The lowest BCUT2D eigenvalue weighted by Gasteiger charge is -2.24. The largest absolute Gasteiger partial charge is 0.480 e. The van der Waals surface area contributed by atoms with E-state index in [9.17, 15) is 4.79 Å². The van der Waals surface area contributed by atoms with E-state index >= 15 is 0 Å². The standard InChI is InChI=1S/C17H22N4O2/c1-12(20-8-3-4-9-20)14-6-5-7-15(10-14)17-18-13(2)21(19-17)11-16(22)23/h5-7,10,12H,3-4,8-9,11H2,1-2H3,(H,22,23). The van der Waals surface area contributed by atoms with Crippen molar-refractivity contribution >= 4 is 5.97 Å². The summed E-state index contributed by atoms with van der Waals surface area (Å²) >= 11 is 0. The van der Waals surface area contributed by atoms with Crippen LogP contribution in [0.1, 0.15) is 37.2 Å². The second kappa shape index (κ2) is 6.50. The molecule has 1 aromatic carbocycles. The number of hydrogen-bond donors (Lipinski definition) is 1. The fourth-order valence-electron chi connectivity index (χ4n) is 3.10. The Balaban J connectivity index is 1.86. The average Bonchev–Trinajstić information content (AvgIpc) is 3.17. The highest BCUT2D eigenvalue weighted by atomic mass is 16.4. The lowest BCUT2D eigenvalue weighted by molar-refractivity contribution is -0.137. The highest BCUT2D eigenvalue weighted by Crippen LogP contribution is 2.27. The summed E-state index contributed by atoms with van der Waals surface area (Å²) < 4.78 is 1.42. The third-order valence-corrected chi connectivity index (χ3v) is 4.46. The summed E-state index contributed by atoms with van der Waals surface area (Å²) in [6.07, 6.45) is 2.54. The average molecular weight is 314 g/mol. The molecule has 23 heavy (non-hydrogen) atoms. The predicted octanol–water partition coefficient (Wildman–Crippen LogP) is 2.49. The summed E-state index contributed by atoms with van der Waals surface area (Å²) in [6.45, 7) is 6.14. The molecule has 0 saturated carbocycles. The molecule has 1 fully saturated rings. The van der Waals surface area contributed by atoms with E-state index in [1.54, 1.807) is 6.92 Å². The van der Waals surface area contributed by atoms with Crippen LogP contribution in [0.15, 0.2) is 24.3 Å². The van der Waals surface area contributed by atoms with Crippen molar-refractivity contribution in [3.05, 3.63) is 35.7 Å². The van der Waals surface area contributed by atoms with Crippen LogP contribution in [0.2, 0.25) is 0 Å². The maximum absolute atomic E-state index is 10.9. The van der Waals surface area contributed by atoms with Crippen molar-refractivity contribution in [3.63, 3.8) is 0 Å². The van der Waals surface area contributed by atoms with Gasteiger partial charge in [0.05, 0.1) is 0 Å². The Morgan fingerprint density at radius 3 is 2.78 bits per heavy atom. The summed E-state index contributed by atoms with van der Waals surface area (Å²) in [6, 6.07) is 8.61. The van der Waals surface area contributed by atoms with Gasteiger partial charge in [-0.15, -0.1) is 0 Å². The molecule has 2 heterocycles. The fourth-order valence-corrected chi connectivity index (χ4v) is 3.10. The van der Waals surface area contributed by atoms with Crippen LogP contribution < -0.4 is 0 Å². The number of likely N-dealkylation sites (tertiary alicyclic amines) is 1. The van der Waals surface area contributed by atoms with Crippen molar-refractivity contribution in [2.45, 2.75) is 39.3 Å². The quantitative estimate of drug-likeness (QED) is 0.918. The maximum atomic E-state index is 10.9.